The minimum Gasteiger partial charge on any atom is -0.346 e. The van der Waals surface area contributed by atoms with Crippen LogP contribution in [0.2, 0.25) is 10.0 Å². The van der Waals surface area contributed by atoms with Crippen LogP contribution in [0.25, 0.3) is 6.08 Å². The van der Waals surface area contributed by atoms with Crippen molar-refractivity contribution >= 4 is 35.2 Å². The SMILES string of the molecule is CC(NC(=O)/C=C/c1ccc(C#N)cc1)c1ccc(Cl)cc1Cl. The summed E-state index contributed by atoms with van der Waals surface area (Å²) in [6.45, 7) is 1.85. The van der Waals surface area contributed by atoms with Gasteiger partial charge in [0, 0.05) is 16.1 Å². The number of benzene rings is 2. The van der Waals surface area contributed by atoms with Crippen molar-refractivity contribution in [1.82, 2.24) is 5.32 Å². The summed E-state index contributed by atoms with van der Waals surface area (Å²) in [7, 11) is 0. The molecule has 1 amide bonds. The normalized spacial score (nSPS) is 11.9. The van der Waals surface area contributed by atoms with Crippen LogP contribution < -0.4 is 5.32 Å². The highest BCUT2D eigenvalue weighted by Crippen LogP contribution is 2.26. The molecular formula is C18H14Cl2N2O. The van der Waals surface area contributed by atoms with Crippen molar-refractivity contribution in [2.45, 2.75) is 13.0 Å². The van der Waals surface area contributed by atoms with Gasteiger partial charge in [-0.25, -0.2) is 0 Å². The number of nitrogens with zero attached hydrogens (tertiary/aromatic N) is 1. The maximum absolute atomic E-state index is 12.0. The predicted molar refractivity (Wildman–Crippen MR) is 93.2 cm³/mol. The van der Waals surface area contributed by atoms with Crippen LogP contribution in [-0.4, -0.2) is 5.91 Å². The van der Waals surface area contributed by atoms with Crippen molar-refractivity contribution in [3.8, 4) is 6.07 Å². The minimum atomic E-state index is -0.238. The standard InChI is InChI=1S/C18H14Cl2N2O/c1-12(16-8-7-15(19)10-17(16)20)22-18(23)9-6-13-2-4-14(11-21)5-3-13/h2-10,12H,1H3,(H,22,23)/b9-6+. The number of hydrogen-bond donors (Lipinski definition) is 1. The molecule has 1 N–H and O–H groups in total. The van der Waals surface area contributed by atoms with Crippen LogP contribution in [-0.2, 0) is 4.79 Å². The summed E-state index contributed by atoms with van der Waals surface area (Å²) >= 11 is 12.0. The highest BCUT2D eigenvalue weighted by molar-refractivity contribution is 6.35. The third kappa shape index (κ3) is 4.85. The fourth-order valence-electron chi connectivity index (χ4n) is 2.03. The topological polar surface area (TPSA) is 52.9 Å². The molecule has 0 aromatic heterocycles. The third-order valence-corrected chi connectivity index (χ3v) is 3.82. The molecule has 0 aliphatic rings. The first kappa shape index (κ1) is 17.1. The zero-order chi connectivity index (χ0) is 16.8. The lowest BCUT2D eigenvalue weighted by Gasteiger charge is -2.14. The second-order valence-electron chi connectivity index (χ2n) is 4.96. The maximum Gasteiger partial charge on any atom is 0.244 e. The second kappa shape index (κ2) is 7.82. The van der Waals surface area contributed by atoms with Crippen LogP contribution in [0.4, 0.5) is 0 Å². The van der Waals surface area contributed by atoms with Crippen LogP contribution in [0.3, 0.4) is 0 Å². The summed E-state index contributed by atoms with van der Waals surface area (Å²) in [5.41, 5.74) is 2.23. The monoisotopic (exact) mass is 344 g/mol. The van der Waals surface area contributed by atoms with Crippen LogP contribution in [0, 0.1) is 11.3 Å². The number of nitrogens with one attached hydrogen (secondary N) is 1. The molecule has 0 heterocycles. The van der Waals surface area contributed by atoms with Crippen molar-refractivity contribution in [3.05, 3.63) is 75.3 Å². The van der Waals surface area contributed by atoms with Crippen molar-refractivity contribution in [2.24, 2.45) is 0 Å². The Morgan fingerprint density at radius 2 is 1.91 bits per heavy atom. The first-order valence-corrected chi connectivity index (χ1v) is 7.69. The molecule has 1 atom stereocenters. The van der Waals surface area contributed by atoms with Crippen molar-refractivity contribution in [2.75, 3.05) is 0 Å². The molecule has 2 rings (SSSR count). The van der Waals surface area contributed by atoms with E-state index in [9.17, 15) is 4.79 Å². The van der Waals surface area contributed by atoms with E-state index in [4.69, 9.17) is 28.5 Å². The number of carbonyl (C=O) groups excluding carboxylic acids is 1. The van der Waals surface area contributed by atoms with E-state index in [1.807, 2.05) is 13.0 Å². The molecule has 23 heavy (non-hydrogen) atoms. The Hall–Kier alpha value is -2.28. The van der Waals surface area contributed by atoms with Gasteiger partial charge in [0.05, 0.1) is 17.7 Å². The van der Waals surface area contributed by atoms with Crippen molar-refractivity contribution in [3.63, 3.8) is 0 Å². The summed E-state index contributed by atoms with van der Waals surface area (Å²) in [6, 6.07) is 13.9. The predicted octanol–water partition coefficient (Wildman–Crippen LogP) is 4.76. The molecule has 0 saturated carbocycles. The molecule has 1 unspecified atom stereocenters. The zero-order valence-corrected chi connectivity index (χ0v) is 13.9. The molecule has 2 aromatic rings. The van der Waals surface area contributed by atoms with Gasteiger partial charge in [0.2, 0.25) is 5.91 Å². The lowest BCUT2D eigenvalue weighted by Crippen LogP contribution is -2.24. The van der Waals surface area contributed by atoms with Gasteiger partial charge in [-0.3, -0.25) is 4.79 Å². The highest BCUT2D eigenvalue weighted by Gasteiger charge is 2.11. The molecule has 0 spiro atoms. The number of nitriles is 1. The van der Waals surface area contributed by atoms with E-state index in [-0.39, 0.29) is 11.9 Å². The third-order valence-electron chi connectivity index (χ3n) is 3.25. The Balaban J connectivity index is 2.00. The summed E-state index contributed by atoms with van der Waals surface area (Å²) in [4.78, 5) is 12.0. The second-order valence-corrected chi connectivity index (χ2v) is 5.81. The fourth-order valence-corrected chi connectivity index (χ4v) is 2.60. The maximum atomic E-state index is 12.0. The number of hydrogen-bond acceptors (Lipinski definition) is 2. The lowest BCUT2D eigenvalue weighted by atomic mass is 10.1. The van der Waals surface area contributed by atoms with Gasteiger partial charge in [-0.15, -0.1) is 0 Å². The Morgan fingerprint density at radius 3 is 2.52 bits per heavy atom. The van der Waals surface area contributed by atoms with Gasteiger partial charge in [-0.2, -0.15) is 5.26 Å². The Labute approximate surface area is 145 Å². The van der Waals surface area contributed by atoms with Gasteiger partial charge in [0.1, 0.15) is 0 Å². The molecule has 0 aliphatic heterocycles. The van der Waals surface area contributed by atoms with Gasteiger partial charge >= 0.3 is 0 Å². The van der Waals surface area contributed by atoms with Gasteiger partial charge < -0.3 is 5.32 Å². The molecule has 0 aliphatic carbocycles. The number of carbonyl (C=O) groups is 1. The number of rotatable bonds is 4. The molecule has 0 bridgehead atoms. The summed E-state index contributed by atoms with van der Waals surface area (Å²) < 4.78 is 0. The lowest BCUT2D eigenvalue weighted by molar-refractivity contribution is -0.117. The van der Waals surface area contributed by atoms with E-state index < -0.39 is 0 Å². The van der Waals surface area contributed by atoms with E-state index in [2.05, 4.69) is 5.32 Å². The number of amides is 1. The van der Waals surface area contributed by atoms with Gasteiger partial charge in [0.25, 0.3) is 0 Å². The zero-order valence-electron chi connectivity index (χ0n) is 12.4. The van der Waals surface area contributed by atoms with Crippen molar-refractivity contribution < 1.29 is 4.79 Å². The first-order valence-electron chi connectivity index (χ1n) is 6.93. The Morgan fingerprint density at radius 1 is 1.22 bits per heavy atom. The molecule has 0 fully saturated rings. The van der Waals surface area contributed by atoms with E-state index in [0.29, 0.717) is 15.6 Å². The van der Waals surface area contributed by atoms with Crippen LogP contribution in [0.1, 0.15) is 29.7 Å². The van der Waals surface area contributed by atoms with Crippen LogP contribution in [0.15, 0.2) is 48.5 Å². The average Bonchev–Trinajstić information content (AvgIpc) is 2.53. The molecular weight excluding hydrogens is 331 g/mol. The minimum absolute atomic E-state index is 0.229. The Bertz CT molecular complexity index is 777. The average molecular weight is 345 g/mol. The highest BCUT2D eigenvalue weighted by atomic mass is 35.5. The number of halogens is 2. The van der Waals surface area contributed by atoms with Crippen molar-refractivity contribution in [1.29, 1.82) is 5.26 Å². The first-order chi connectivity index (χ1) is 11.0. The summed E-state index contributed by atoms with van der Waals surface area (Å²) in [6.07, 6.45) is 3.13. The molecule has 0 saturated heterocycles. The molecule has 3 nitrogen and oxygen atoms in total. The Kier molecular flexibility index (Phi) is 5.81. The van der Waals surface area contributed by atoms with Crippen LogP contribution >= 0.6 is 23.2 Å². The molecule has 0 radical (unpaired) electrons. The quantitative estimate of drug-likeness (QED) is 0.813. The molecule has 2 aromatic carbocycles. The summed E-state index contributed by atoms with van der Waals surface area (Å²) in [5.74, 6) is -0.229. The van der Waals surface area contributed by atoms with E-state index >= 15 is 0 Å². The van der Waals surface area contributed by atoms with E-state index in [1.165, 1.54) is 6.08 Å². The largest absolute Gasteiger partial charge is 0.346 e. The smallest absolute Gasteiger partial charge is 0.244 e. The van der Waals surface area contributed by atoms with Gasteiger partial charge in [-0.05, 0) is 48.4 Å². The van der Waals surface area contributed by atoms with Crippen LogP contribution in [0.5, 0.6) is 0 Å². The fraction of sp³-hybridized carbons (Fsp3) is 0.111. The van der Waals surface area contributed by atoms with Gasteiger partial charge in [-0.1, -0.05) is 41.4 Å². The van der Waals surface area contributed by atoms with Gasteiger partial charge in [0.15, 0.2) is 0 Å². The van der Waals surface area contributed by atoms with E-state index in [0.717, 1.165) is 11.1 Å². The molecule has 116 valence electrons. The summed E-state index contributed by atoms with van der Waals surface area (Å²) in [5, 5.41) is 12.7. The molecule has 5 heteroatoms. The van der Waals surface area contributed by atoms with E-state index in [1.54, 1.807) is 48.5 Å².